The molecule has 8 nitrogen and oxygen atoms in total. The van der Waals surface area contributed by atoms with E-state index in [0.29, 0.717) is 19.4 Å². The fraction of sp³-hybridized carbons (Fsp3) is 0.769. The SMILES string of the molecule is CN(C)C(=O)NCCNC(=O)NC1CCCC1(C)C(=O)O. The summed E-state index contributed by atoms with van der Waals surface area (Å²) in [6, 6.07) is -1.01. The van der Waals surface area contributed by atoms with Crippen LogP contribution >= 0.6 is 0 Å². The van der Waals surface area contributed by atoms with Crippen molar-refractivity contribution in [2.75, 3.05) is 27.2 Å². The third kappa shape index (κ3) is 4.51. The van der Waals surface area contributed by atoms with Crippen LogP contribution in [0.5, 0.6) is 0 Å². The third-order valence-corrected chi connectivity index (χ3v) is 3.84. The van der Waals surface area contributed by atoms with Crippen LogP contribution < -0.4 is 16.0 Å². The van der Waals surface area contributed by atoms with Crippen LogP contribution in [-0.4, -0.2) is 61.3 Å². The average Bonchev–Trinajstić information content (AvgIpc) is 2.77. The average molecular weight is 300 g/mol. The summed E-state index contributed by atoms with van der Waals surface area (Å²) >= 11 is 0. The molecule has 0 aromatic rings. The summed E-state index contributed by atoms with van der Waals surface area (Å²) in [5.74, 6) is -0.886. The van der Waals surface area contributed by atoms with Gasteiger partial charge >= 0.3 is 18.0 Å². The second kappa shape index (κ2) is 7.14. The number of rotatable bonds is 5. The molecule has 8 heteroatoms. The van der Waals surface area contributed by atoms with E-state index in [-0.39, 0.29) is 18.6 Å². The van der Waals surface area contributed by atoms with Gasteiger partial charge in [-0.25, -0.2) is 9.59 Å². The van der Waals surface area contributed by atoms with Crippen molar-refractivity contribution >= 4 is 18.0 Å². The van der Waals surface area contributed by atoms with Gasteiger partial charge < -0.3 is 26.0 Å². The van der Waals surface area contributed by atoms with Crippen molar-refractivity contribution in [1.29, 1.82) is 0 Å². The lowest BCUT2D eigenvalue weighted by Crippen LogP contribution is -2.51. The maximum Gasteiger partial charge on any atom is 0.316 e. The van der Waals surface area contributed by atoms with Crippen molar-refractivity contribution in [2.24, 2.45) is 5.41 Å². The molecule has 0 heterocycles. The molecule has 0 aromatic heterocycles. The number of urea groups is 2. The summed E-state index contributed by atoms with van der Waals surface area (Å²) in [5, 5.41) is 17.2. The van der Waals surface area contributed by atoms with E-state index in [1.54, 1.807) is 21.0 Å². The van der Waals surface area contributed by atoms with Gasteiger partial charge in [0, 0.05) is 33.2 Å². The number of carbonyl (C=O) groups excluding carboxylic acids is 2. The zero-order valence-electron chi connectivity index (χ0n) is 12.7. The molecule has 1 fully saturated rings. The highest BCUT2D eigenvalue weighted by atomic mass is 16.4. The molecule has 1 aliphatic rings. The van der Waals surface area contributed by atoms with Gasteiger partial charge in [0.15, 0.2) is 0 Å². The monoisotopic (exact) mass is 300 g/mol. The molecule has 0 bridgehead atoms. The van der Waals surface area contributed by atoms with E-state index in [1.165, 1.54) is 4.90 Å². The predicted molar refractivity (Wildman–Crippen MR) is 77.0 cm³/mol. The molecule has 1 rings (SSSR count). The van der Waals surface area contributed by atoms with Gasteiger partial charge in [-0.1, -0.05) is 6.42 Å². The zero-order valence-corrected chi connectivity index (χ0v) is 12.7. The summed E-state index contributed by atoms with van der Waals surface area (Å²) in [6.45, 7) is 2.25. The van der Waals surface area contributed by atoms with Gasteiger partial charge in [-0.2, -0.15) is 0 Å². The van der Waals surface area contributed by atoms with E-state index in [1.807, 2.05) is 0 Å². The van der Waals surface area contributed by atoms with Crippen LogP contribution in [-0.2, 0) is 4.79 Å². The first-order valence-corrected chi connectivity index (χ1v) is 7.00. The number of carboxylic acid groups (broad SMARTS) is 1. The molecule has 1 saturated carbocycles. The standard InChI is InChI=1S/C13H24N4O4/c1-13(10(18)19)6-4-5-9(13)16-11(20)14-7-8-15-12(21)17(2)3/h9H,4-8H2,1-3H3,(H,15,21)(H,18,19)(H2,14,16,20). The van der Waals surface area contributed by atoms with Gasteiger partial charge in [0.05, 0.1) is 5.41 Å². The summed E-state index contributed by atoms with van der Waals surface area (Å²) in [5.41, 5.74) is -0.906. The first-order chi connectivity index (χ1) is 9.77. The normalized spacial score (nSPS) is 24.2. The fourth-order valence-electron chi connectivity index (χ4n) is 2.37. The summed E-state index contributed by atoms with van der Waals surface area (Å²) in [7, 11) is 3.25. The lowest BCUT2D eigenvalue weighted by atomic mass is 9.85. The van der Waals surface area contributed by atoms with Crippen molar-refractivity contribution in [3.63, 3.8) is 0 Å². The van der Waals surface area contributed by atoms with E-state index in [4.69, 9.17) is 0 Å². The van der Waals surface area contributed by atoms with Crippen molar-refractivity contribution < 1.29 is 19.5 Å². The van der Waals surface area contributed by atoms with Crippen LogP contribution in [0.3, 0.4) is 0 Å². The van der Waals surface area contributed by atoms with Crippen LogP contribution in [0.1, 0.15) is 26.2 Å². The Labute approximate surface area is 124 Å². The molecule has 21 heavy (non-hydrogen) atoms. The Hall–Kier alpha value is -1.99. The topological polar surface area (TPSA) is 111 Å². The number of hydrogen-bond acceptors (Lipinski definition) is 3. The molecule has 0 spiro atoms. The Morgan fingerprint density at radius 2 is 1.86 bits per heavy atom. The molecule has 0 aliphatic heterocycles. The summed E-state index contributed by atoms with van der Waals surface area (Å²) in [6.07, 6.45) is 2.01. The van der Waals surface area contributed by atoms with Crippen LogP contribution in [0.25, 0.3) is 0 Å². The van der Waals surface area contributed by atoms with E-state index >= 15 is 0 Å². The van der Waals surface area contributed by atoms with E-state index < -0.39 is 17.4 Å². The van der Waals surface area contributed by atoms with Crippen molar-refractivity contribution in [3.8, 4) is 0 Å². The molecule has 0 saturated heterocycles. The number of aliphatic carboxylic acids is 1. The van der Waals surface area contributed by atoms with Gasteiger partial charge in [0.25, 0.3) is 0 Å². The minimum atomic E-state index is -0.906. The molecule has 120 valence electrons. The lowest BCUT2D eigenvalue weighted by molar-refractivity contribution is -0.148. The Bertz CT molecular complexity index is 413. The minimum Gasteiger partial charge on any atom is -0.481 e. The van der Waals surface area contributed by atoms with Crippen LogP contribution in [0, 0.1) is 5.41 Å². The van der Waals surface area contributed by atoms with Crippen LogP contribution in [0.4, 0.5) is 9.59 Å². The molecule has 0 radical (unpaired) electrons. The van der Waals surface area contributed by atoms with Crippen molar-refractivity contribution in [1.82, 2.24) is 20.9 Å². The fourth-order valence-corrected chi connectivity index (χ4v) is 2.37. The van der Waals surface area contributed by atoms with E-state index in [0.717, 1.165) is 6.42 Å². The van der Waals surface area contributed by atoms with Gasteiger partial charge in [0.2, 0.25) is 0 Å². The van der Waals surface area contributed by atoms with Crippen LogP contribution in [0.15, 0.2) is 0 Å². The Kier molecular flexibility index (Phi) is 5.80. The summed E-state index contributed by atoms with van der Waals surface area (Å²) < 4.78 is 0. The minimum absolute atomic E-state index is 0.230. The molecule has 1 aliphatic carbocycles. The lowest BCUT2D eigenvalue weighted by Gasteiger charge is -2.27. The maximum absolute atomic E-state index is 11.7. The highest BCUT2D eigenvalue weighted by Crippen LogP contribution is 2.38. The number of nitrogens with zero attached hydrogens (tertiary/aromatic N) is 1. The second-order valence-electron chi connectivity index (χ2n) is 5.69. The number of hydrogen-bond donors (Lipinski definition) is 4. The van der Waals surface area contributed by atoms with Gasteiger partial charge in [0.1, 0.15) is 0 Å². The van der Waals surface area contributed by atoms with Gasteiger partial charge in [-0.3, -0.25) is 4.79 Å². The zero-order chi connectivity index (χ0) is 16.0. The Morgan fingerprint density at radius 1 is 1.24 bits per heavy atom. The number of nitrogens with one attached hydrogen (secondary N) is 3. The Morgan fingerprint density at radius 3 is 2.43 bits per heavy atom. The van der Waals surface area contributed by atoms with E-state index in [2.05, 4.69) is 16.0 Å². The number of carbonyl (C=O) groups is 3. The quantitative estimate of drug-likeness (QED) is 0.543. The predicted octanol–water partition coefficient (Wildman–Crippen LogP) is 0.200. The van der Waals surface area contributed by atoms with Crippen LogP contribution in [0.2, 0.25) is 0 Å². The smallest absolute Gasteiger partial charge is 0.316 e. The largest absolute Gasteiger partial charge is 0.481 e. The molecule has 4 N–H and O–H groups in total. The second-order valence-corrected chi connectivity index (χ2v) is 5.69. The van der Waals surface area contributed by atoms with E-state index in [9.17, 15) is 19.5 Å². The number of amides is 4. The van der Waals surface area contributed by atoms with Gasteiger partial charge in [-0.15, -0.1) is 0 Å². The third-order valence-electron chi connectivity index (χ3n) is 3.84. The molecule has 4 amide bonds. The summed E-state index contributed by atoms with van der Waals surface area (Å²) in [4.78, 5) is 35.7. The molecule has 0 aromatic carbocycles. The molecular weight excluding hydrogens is 276 g/mol. The highest BCUT2D eigenvalue weighted by molar-refractivity contribution is 5.79. The highest BCUT2D eigenvalue weighted by Gasteiger charge is 2.45. The van der Waals surface area contributed by atoms with Gasteiger partial charge in [-0.05, 0) is 19.8 Å². The molecule has 2 atom stereocenters. The first-order valence-electron chi connectivity index (χ1n) is 7.00. The molecule has 2 unspecified atom stereocenters. The first kappa shape index (κ1) is 17.1. The van der Waals surface area contributed by atoms with Crippen molar-refractivity contribution in [3.05, 3.63) is 0 Å². The number of carboxylic acids is 1. The molecular formula is C13H24N4O4. The Balaban J connectivity index is 2.31. The van der Waals surface area contributed by atoms with Crippen molar-refractivity contribution in [2.45, 2.75) is 32.2 Å². The maximum atomic E-state index is 11.7.